The summed E-state index contributed by atoms with van der Waals surface area (Å²) >= 11 is 0. The molecular formula is C24H23FN4O2. The van der Waals surface area contributed by atoms with Crippen LogP contribution in [0.15, 0.2) is 71.4 Å². The van der Waals surface area contributed by atoms with Crippen LogP contribution >= 0.6 is 0 Å². The van der Waals surface area contributed by atoms with Gasteiger partial charge in [0.05, 0.1) is 24.4 Å². The molecule has 0 aliphatic heterocycles. The van der Waals surface area contributed by atoms with E-state index >= 15 is 0 Å². The van der Waals surface area contributed by atoms with Gasteiger partial charge < -0.3 is 15.8 Å². The minimum Gasteiger partial charge on any atom is -0.496 e. The van der Waals surface area contributed by atoms with Crippen molar-refractivity contribution < 1.29 is 13.9 Å². The number of para-hydroxylation sites is 2. The summed E-state index contributed by atoms with van der Waals surface area (Å²) in [5, 5.41) is 3.84. The molecule has 6 nitrogen and oxygen atoms in total. The topological polar surface area (TPSA) is 89.6 Å². The first kappa shape index (κ1) is 20.5. The van der Waals surface area contributed by atoms with Gasteiger partial charge in [0, 0.05) is 28.9 Å². The van der Waals surface area contributed by atoms with E-state index in [1.54, 1.807) is 31.4 Å². The van der Waals surface area contributed by atoms with Crippen LogP contribution in [0.3, 0.4) is 0 Å². The molecule has 4 rings (SSSR count). The molecule has 1 saturated carbocycles. The number of halogens is 1. The summed E-state index contributed by atoms with van der Waals surface area (Å²) in [7, 11) is 1.56. The summed E-state index contributed by atoms with van der Waals surface area (Å²) in [5.41, 5.74) is 8.43. The van der Waals surface area contributed by atoms with E-state index in [0.29, 0.717) is 35.4 Å². The van der Waals surface area contributed by atoms with Crippen LogP contribution in [0.1, 0.15) is 29.8 Å². The highest BCUT2D eigenvalue weighted by molar-refractivity contribution is 6.04. The molecule has 3 aromatic rings. The molecule has 1 aliphatic rings. The second-order valence-corrected chi connectivity index (χ2v) is 7.28. The standard InChI is InChI=1S/C24H23FN4O2/c1-31-23-13-22(28-18-9-4-2-7-15(18)23)24(30)29-20-12-6-11-19(16(20)14-26)27-21-10-5-3-8-17(21)25/h2-5,7-10,13-14,20H,6,11-12,26H2,1H3,(H,29,30). The fraction of sp³-hybridized carbons (Fsp3) is 0.208. The summed E-state index contributed by atoms with van der Waals surface area (Å²) in [5.74, 6) is -0.152. The Bertz CT molecular complexity index is 1190. The maximum Gasteiger partial charge on any atom is 0.270 e. The number of methoxy groups -OCH3 is 1. The van der Waals surface area contributed by atoms with Crippen LogP contribution in [0.2, 0.25) is 0 Å². The summed E-state index contributed by atoms with van der Waals surface area (Å²) in [4.78, 5) is 22.0. The van der Waals surface area contributed by atoms with Crippen LogP contribution in [0, 0.1) is 5.82 Å². The van der Waals surface area contributed by atoms with Gasteiger partial charge in [-0.15, -0.1) is 0 Å². The molecule has 1 heterocycles. The number of pyridine rings is 1. The molecular weight excluding hydrogens is 395 g/mol. The van der Waals surface area contributed by atoms with E-state index in [4.69, 9.17) is 10.5 Å². The van der Waals surface area contributed by atoms with Gasteiger partial charge in [-0.25, -0.2) is 14.4 Å². The minimum absolute atomic E-state index is 0.254. The molecule has 1 fully saturated rings. The molecule has 0 saturated heterocycles. The Labute approximate surface area is 179 Å². The van der Waals surface area contributed by atoms with Gasteiger partial charge in [0.15, 0.2) is 0 Å². The highest BCUT2D eigenvalue weighted by Crippen LogP contribution is 2.28. The van der Waals surface area contributed by atoms with E-state index in [1.807, 2.05) is 24.3 Å². The second-order valence-electron chi connectivity index (χ2n) is 7.28. The smallest absolute Gasteiger partial charge is 0.270 e. The van der Waals surface area contributed by atoms with Crippen LogP contribution in [-0.2, 0) is 0 Å². The monoisotopic (exact) mass is 418 g/mol. The number of carbonyl (C=O) groups is 1. The Hall–Kier alpha value is -3.74. The zero-order chi connectivity index (χ0) is 21.8. The second kappa shape index (κ2) is 8.95. The van der Waals surface area contributed by atoms with Crippen molar-refractivity contribution in [2.45, 2.75) is 25.3 Å². The molecule has 1 atom stereocenters. The number of rotatable bonds is 4. The highest BCUT2D eigenvalue weighted by atomic mass is 19.1. The molecule has 3 N–H and O–H groups in total. The van der Waals surface area contributed by atoms with E-state index in [9.17, 15) is 9.18 Å². The summed E-state index contributed by atoms with van der Waals surface area (Å²) in [6, 6.07) is 15.1. The largest absolute Gasteiger partial charge is 0.496 e. The predicted molar refractivity (Wildman–Crippen MR) is 119 cm³/mol. The Balaban J connectivity index is 1.61. The van der Waals surface area contributed by atoms with Crippen molar-refractivity contribution in [2.24, 2.45) is 10.7 Å². The van der Waals surface area contributed by atoms with Gasteiger partial charge in [0.1, 0.15) is 17.3 Å². The van der Waals surface area contributed by atoms with Crippen LogP contribution < -0.4 is 15.8 Å². The lowest BCUT2D eigenvalue weighted by Crippen LogP contribution is -2.41. The first-order valence-corrected chi connectivity index (χ1v) is 10.1. The van der Waals surface area contributed by atoms with Crippen molar-refractivity contribution >= 4 is 28.2 Å². The van der Waals surface area contributed by atoms with Gasteiger partial charge in [-0.05, 0) is 43.5 Å². The van der Waals surface area contributed by atoms with Crippen molar-refractivity contribution in [2.75, 3.05) is 7.11 Å². The molecule has 1 aromatic heterocycles. The first-order valence-electron chi connectivity index (χ1n) is 10.1. The quantitative estimate of drug-likeness (QED) is 0.662. The molecule has 1 amide bonds. The zero-order valence-corrected chi connectivity index (χ0v) is 17.1. The number of hydrogen-bond donors (Lipinski definition) is 2. The number of ether oxygens (including phenoxy) is 1. The van der Waals surface area contributed by atoms with E-state index in [0.717, 1.165) is 11.8 Å². The van der Waals surface area contributed by atoms with Crippen LogP contribution in [-0.4, -0.2) is 29.8 Å². The maximum atomic E-state index is 14.1. The predicted octanol–water partition coefficient (Wildman–Crippen LogP) is 4.28. The third-order valence-corrected chi connectivity index (χ3v) is 5.34. The Kier molecular flexibility index (Phi) is 5.93. The summed E-state index contributed by atoms with van der Waals surface area (Å²) < 4.78 is 19.5. The van der Waals surface area contributed by atoms with Crippen molar-refractivity contribution in [3.8, 4) is 5.75 Å². The summed E-state index contributed by atoms with van der Waals surface area (Å²) in [6.07, 6.45) is 3.60. The number of amides is 1. The number of nitrogens with one attached hydrogen (secondary N) is 1. The lowest BCUT2D eigenvalue weighted by molar-refractivity contribution is 0.0936. The Morgan fingerprint density at radius 1 is 1.26 bits per heavy atom. The number of carbonyl (C=O) groups excluding carboxylic acids is 1. The van der Waals surface area contributed by atoms with Gasteiger partial charge in [-0.1, -0.05) is 24.3 Å². The molecule has 7 heteroatoms. The molecule has 0 bridgehead atoms. The first-order chi connectivity index (χ1) is 15.1. The number of nitrogens with two attached hydrogens (primary N) is 1. The third kappa shape index (κ3) is 4.26. The van der Waals surface area contributed by atoms with E-state index in [-0.39, 0.29) is 23.3 Å². The van der Waals surface area contributed by atoms with Gasteiger partial charge in [-0.2, -0.15) is 0 Å². The minimum atomic E-state index is -0.398. The number of nitrogens with zero attached hydrogens (tertiary/aromatic N) is 2. The fourth-order valence-electron chi connectivity index (χ4n) is 3.81. The van der Waals surface area contributed by atoms with Gasteiger partial charge in [0.2, 0.25) is 0 Å². The van der Waals surface area contributed by atoms with Crippen molar-refractivity contribution in [3.63, 3.8) is 0 Å². The number of hydrogen-bond acceptors (Lipinski definition) is 5. The number of fused-ring (bicyclic) bond motifs is 1. The van der Waals surface area contributed by atoms with Crippen molar-refractivity contribution in [1.29, 1.82) is 0 Å². The Morgan fingerprint density at radius 3 is 2.81 bits per heavy atom. The van der Waals surface area contributed by atoms with Crippen LogP contribution in [0.4, 0.5) is 10.1 Å². The van der Waals surface area contributed by atoms with Crippen LogP contribution in [0.25, 0.3) is 10.9 Å². The van der Waals surface area contributed by atoms with Gasteiger partial charge in [0.25, 0.3) is 5.91 Å². The number of benzene rings is 2. The normalized spacial score (nSPS) is 19.0. The average molecular weight is 418 g/mol. The molecule has 1 aliphatic carbocycles. The van der Waals surface area contributed by atoms with Crippen LogP contribution in [0.5, 0.6) is 5.75 Å². The molecule has 2 aromatic carbocycles. The number of aliphatic imine (C=N–C) groups is 1. The molecule has 158 valence electrons. The molecule has 0 spiro atoms. The zero-order valence-electron chi connectivity index (χ0n) is 17.1. The average Bonchev–Trinajstić information content (AvgIpc) is 2.80. The van der Waals surface area contributed by atoms with Gasteiger partial charge >= 0.3 is 0 Å². The Morgan fingerprint density at radius 2 is 2.03 bits per heavy atom. The highest BCUT2D eigenvalue weighted by Gasteiger charge is 2.27. The lowest BCUT2D eigenvalue weighted by atomic mass is 9.88. The van der Waals surface area contributed by atoms with Crippen molar-refractivity contribution in [1.82, 2.24) is 10.3 Å². The molecule has 1 unspecified atom stereocenters. The SMILES string of the molecule is COc1cc(C(=O)NC2CCCC(=Nc3ccccc3F)C2=CN)nc2ccccc12. The molecule has 31 heavy (non-hydrogen) atoms. The third-order valence-electron chi connectivity index (χ3n) is 5.34. The van der Waals surface area contributed by atoms with E-state index in [1.165, 1.54) is 12.3 Å². The summed E-state index contributed by atoms with van der Waals surface area (Å²) in [6.45, 7) is 0. The van der Waals surface area contributed by atoms with Gasteiger partial charge in [-0.3, -0.25) is 4.79 Å². The number of aromatic nitrogens is 1. The lowest BCUT2D eigenvalue weighted by Gasteiger charge is -2.27. The van der Waals surface area contributed by atoms with E-state index in [2.05, 4.69) is 15.3 Å². The maximum absolute atomic E-state index is 14.1. The van der Waals surface area contributed by atoms with Crippen molar-refractivity contribution in [3.05, 3.63) is 77.9 Å². The van der Waals surface area contributed by atoms with E-state index < -0.39 is 5.82 Å². The fourth-order valence-corrected chi connectivity index (χ4v) is 3.81. The molecule has 0 radical (unpaired) electrons.